The number of hydrogen-bond acceptors (Lipinski definition) is 3. The maximum atomic E-state index is 12.4. The number of nitrogens with zero attached hydrogens (tertiary/aromatic N) is 2. The van der Waals surface area contributed by atoms with Crippen LogP contribution in [0.4, 0.5) is 0 Å². The van der Waals surface area contributed by atoms with Crippen molar-refractivity contribution in [3.8, 4) is 0 Å². The zero-order chi connectivity index (χ0) is 14.0. The van der Waals surface area contributed by atoms with E-state index in [4.69, 9.17) is 0 Å². The number of hydrogen-bond donors (Lipinski definition) is 1. The molecule has 0 bridgehead atoms. The van der Waals surface area contributed by atoms with Gasteiger partial charge >= 0.3 is 0 Å². The van der Waals surface area contributed by atoms with E-state index >= 15 is 0 Å². The topological polar surface area (TPSA) is 53.4 Å². The number of carbonyl (C=O) groups excluding carboxylic acids is 1. The Balaban J connectivity index is 2.10. The van der Waals surface area contributed by atoms with Gasteiger partial charge in [-0.1, -0.05) is 12.8 Å². The predicted molar refractivity (Wildman–Crippen MR) is 74.1 cm³/mol. The Morgan fingerprint density at radius 2 is 2.00 bits per heavy atom. The molecule has 0 saturated heterocycles. The average molecular weight is 262 g/mol. The number of carbonyl (C=O) groups is 1. The van der Waals surface area contributed by atoms with Gasteiger partial charge in [0, 0.05) is 19.3 Å². The lowest BCUT2D eigenvalue weighted by Gasteiger charge is -2.28. The summed E-state index contributed by atoms with van der Waals surface area (Å²) in [6, 6.07) is 3.66. The molecule has 1 heterocycles. The van der Waals surface area contributed by atoms with Crippen LogP contribution in [0.5, 0.6) is 0 Å². The third kappa shape index (κ3) is 3.13. The highest BCUT2D eigenvalue weighted by Gasteiger charge is 2.33. The van der Waals surface area contributed by atoms with E-state index in [1.54, 1.807) is 11.9 Å². The third-order valence-corrected chi connectivity index (χ3v) is 3.87. The first-order valence-corrected chi connectivity index (χ1v) is 6.83. The van der Waals surface area contributed by atoms with Gasteiger partial charge in [-0.2, -0.15) is 0 Å². The van der Waals surface area contributed by atoms with Gasteiger partial charge in [-0.05, 0) is 38.8 Å². The summed E-state index contributed by atoms with van der Waals surface area (Å²) in [5.74, 6) is -0.0645. The molecule has 19 heavy (non-hydrogen) atoms. The Labute approximate surface area is 114 Å². The lowest BCUT2D eigenvalue weighted by atomic mass is 10.0. The Hall–Kier alpha value is -1.42. The molecule has 1 N–H and O–H groups in total. The van der Waals surface area contributed by atoms with Crippen molar-refractivity contribution in [1.82, 2.24) is 9.88 Å². The van der Waals surface area contributed by atoms with Crippen LogP contribution >= 0.6 is 0 Å². The zero-order valence-corrected chi connectivity index (χ0v) is 11.9. The quantitative estimate of drug-likeness (QED) is 0.907. The van der Waals surface area contributed by atoms with Crippen LogP contribution in [0.25, 0.3) is 0 Å². The minimum atomic E-state index is -0.698. The van der Waals surface area contributed by atoms with Crippen LogP contribution in [-0.2, 0) is 0 Å². The number of aliphatic hydroxyl groups is 1. The lowest BCUT2D eigenvalue weighted by Crippen LogP contribution is -2.42. The van der Waals surface area contributed by atoms with Crippen LogP contribution in [-0.4, -0.2) is 40.1 Å². The van der Waals surface area contributed by atoms with Crippen molar-refractivity contribution >= 4 is 5.91 Å². The van der Waals surface area contributed by atoms with Gasteiger partial charge in [0.2, 0.25) is 0 Å². The molecule has 1 aromatic rings. The molecular formula is C15H22N2O2. The van der Waals surface area contributed by atoms with Gasteiger partial charge in [0.25, 0.3) is 5.91 Å². The van der Waals surface area contributed by atoms with E-state index in [0.29, 0.717) is 12.1 Å². The summed E-state index contributed by atoms with van der Waals surface area (Å²) >= 11 is 0. The standard InChI is InChI=1S/C15H22N2O2/c1-11-6-7-13(12(2)16-11)14(18)17(3)10-15(19)8-4-5-9-15/h6-7,19H,4-5,8-10H2,1-3H3. The van der Waals surface area contributed by atoms with Crippen LogP contribution in [0, 0.1) is 13.8 Å². The summed E-state index contributed by atoms with van der Waals surface area (Å²) in [5.41, 5.74) is 1.58. The first kappa shape index (κ1) is 14.0. The highest BCUT2D eigenvalue weighted by Crippen LogP contribution is 2.30. The Morgan fingerprint density at radius 1 is 1.37 bits per heavy atom. The van der Waals surface area contributed by atoms with E-state index in [0.717, 1.165) is 37.1 Å². The molecule has 0 unspecified atom stereocenters. The van der Waals surface area contributed by atoms with Crippen molar-refractivity contribution in [1.29, 1.82) is 0 Å². The fourth-order valence-electron chi connectivity index (χ4n) is 2.82. The van der Waals surface area contributed by atoms with E-state index in [-0.39, 0.29) is 5.91 Å². The average Bonchev–Trinajstić information content (AvgIpc) is 2.75. The number of likely N-dealkylation sites (N-methyl/N-ethyl adjacent to an activating group) is 1. The van der Waals surface area contributed by atoms with Gasteiger partial charge in [-0.15, -0.1) is 0 Å². The molecule has 2 rings (SSSR count). The normalized spacial score (nSPS) is 17.5. The summed E-state index contributed by atoms with van der Waals surface area (Å²) in [5, 5.41) is 10.4. The van der Waals surface area contributed by atoms with Crippen molar-refractivity contribution in [2.24, 2.45) is 0 Å². The van der Waals surface area contributed by atoms with E-state index in [1.165, 1.54) is 0 Å². The van der Waals surface area contributed by atoms with E-state index in [2.05, 4.69) is 4.98 Å². The Bertz CT molecular complexity index is 479. The predicted octanol–water partition coefficient (Wildman–Crippen LogP) is 2.08. The number of aryl methyl sites for hydroxylation is 2. The van der Waals surface area contributed by atoms with Crippen molar-refractivity contribution in [2.45, 2.75) is 45.1 Å². The summed E-state index contributed by atoms with van der Waals surface area (Å²) in [7, 11) is 1.75. The molecule has 1 fully saturated rings. The first-order valence-electron chi connectivity index (χ1n) is 6.83. The van der Waals surface area contributed by atoms with Gasteiger partial charge in [0.05, 0.1) is 16.9 Å². The van der Waals surface area contributed by atoms with Crippen molar-refractivity contribution in [2.75, 3.05) is 13.6 Å². The molecular weight excluding hydrogens is 240 g/mol. The molecule has 0 atom stereocenters. The van der Waals surface area contributed by atoms with E-state index in [9.17, 15) is 9.90 Å². The largest absolute Gasteiger partial charge is 0.388 e. The summed E-state index contributed by atoms with van der Waals surface area (Å²) in [6.45, 7) is 4.16. The third-order valence-electron chi connectivity index (χ3n) is 3.87. The molecule has 0 radical (unpaired) electrons. The molecule has 0 spiro atoms. The molecule has 0 aliphatic heterocycles. The number of aromatic nitrogens is 1. The second kappa shape index (κ2) is 5.29. The van der Waals surface area contributed by atoms with Crippen LogP contribution in [0.1, 0.15) is 47.4 Å². The molecule has 0 aromatic carbocycles. The molecule has 104 valence electrons. The van der Waals surface area contributed by atoms with Crippen molar-refractivity contribution in [3.05, 3.63) is 29.1 Å². The maximum absolute atomic E-state index is 12.4. The van der Waals surface area contributed by atoms with Gasteiger partial charge in [0.15, 0.2) is 0 Å². The monoisotopic (exact) mass is 262 g/mol. The second-order valence-corrected chi connectivity index (χ2v) is 5.68. The van der Waals surface area contributed by atoms with Gasteiger partial charge in [-0.3, -0.25) is 9.78 Å². The lowest BCUT2D eigenvalue weighted by molar-refractivity contribution is 0.0156. The minimum absolute atomic E-state index is 0.0645. The fraction of sp³-hybridized carbons (Fsp3) is 0.600. The van der Waals surface area contributed by atoms with Crippen molar-refractivity contribution in [3.63, 3.8) is 0 Å². The highest BCUT2D eigenvalue weighted by atomic mass is 16.3. The molecule has 4 heteroatoms. The second-order valence-electron chi connectivity index (χ2n) is 5.68. The number of amides is 1. The first-order chi connectivity index (χ1) is 8.91. The van der Waals surface area contributed by atoms with Crippen LogP contribution in [0.15, 0.2) is 12.1 Å². The molecule has 1 amide bonds. The minimum Gasteiger partial charge on any atom is -0.388 e. The molecule has 1 saturated carbocycles. The number of rotatable bonds is 3. The fourth-order valence-corrected chi connectivity index (χ4v) is 2.82. The van der Waals surface area contributed by atoms with Gasteiger partial charge in [0.1, 0.15) is 0 Å². The Kier molecular flexibility index (Phi) is 3.90. The summed E-state index contributed by atoms with van der Waals surface area (Å²) in [4.78, 5) is 18.3. The number of pyridine rings is 1. The zero-order valence-electron chi connectivity index (χ0n) is 11.9. The molecule has 4 nitrogen and oxygen atoms in total. The molecule has 1 aliphatic rings. The smallest absolute Gasteiger partial charge is 0.255 e. The summed E-state index contributed by atoms with van der Waals surface area (Å²) < 4.78 is 0. The SMILES string of the molecule is Cc1ccc(C(=O)N(C)CC2(O)CCCC2)c(C)n1. The maximum Gasteiger partial charge on any atom is 0.255 e. The molecule has 1 aromatic heterocycles. The van der Waals surface area contributed by atoms with E-state index < -0.39 is 5.60 Å². The highest BCUT2D eigenvalue weighted by molar-refractivity contribution is 5.95. The molecule has 1 aliphatic carbocycles. The van der Waals surface area contributed by atoms with E-state index in [1.807, 2.05) is 26.0 Å². The van der Waals surface area contributed by atoms with Crippen LogP contribution < -0.4 is 0 Å². The summed E-state index contributed by atoms with van der Waals surface area (Å²) in [6.07, 6.45) is 3.67. The van der Waals surface area contributed by atoms with Crippen LogP contribution in [0.3, 0.4) is 0 Å². The Morgan fingerprint density at radius 3 is 2.58 bits per heavy atom. The van der Waals surface area contributed by atoms with Gasteiger partial charge < -0.3 is 10.0 Å². The van der Waals surface area contributed by atoms with Gasteiger partial charge in [-0.25, -0.2) is 0 Å². The van der Waals surface area contributed by atoms with Crippen LogP contribution in [0.2, 0.25) is 0 Å². The van der Waals surface area contributed by atoms with Crippen molar-refractivity contribution < 1.29 is 9.90 Å².